The number of halogens is 2. The smallest absolute Gasteiger partial charge is 0.160 e. The lowest BCUT2D eigenvalue weighted by Crippen LogP contribution is -2.02. The molecule has 0 amide bonds. The Bertz CT molecular complexity index is 321. The van der Waals surface area contributed by atoms with Gasteiger partial charge in [-0.2, -0.15) is 0 Å². The van der Waals surface area contributed by atoms with Crippen molar-refractivity contribution in [2.45, 2.75) is 19.3 Å². The molecule has 0 spiro atoms. The van der Waals surface area contributed by atoms with E-state index in [2.05, 4.69) is 5.32 Å². The zero-order valence-corrected chi connectivity index (χ0v) is 7.89. The van der Waals surface area contributed by atoms with Crippen LogP contribution in [0.25, 0.3) is 0 Å². The molecular formula is C11H13F2N. The Labute approximate surface area is 82.1 Å². The van der Waals surface area contributed by atoms with Gasteiger partial charge < -0.3 is 5.32 Å². The fourth-order valence-electron chi connectivity index (χ4n) is 1.43. The molecule has 0 saturated heterocycles. The highest BCUT2D eigenvalue weighted by molar-refractivity contribution is 5.43. The van der Waals surface area contributed by atoms with Crippen LogP contribution in [-0.4, -0.2) is 6.54 Å². The average Bonchev–Trinajstić information content (AvgIpc) is 2.95. The molecule has 0 aliphatic heterocycles. The van der Waals surface area contributed by atoms with Crippen molar-refractivity contribution in [1.82, 2.24) is 0 Å². The van der Waals surface area contributed by atoms with Gasteiger partial charge in [0.2, 0.25) is 0 Å². The molecule has 14 heavy (non-hydrogen) atoms. The standard InChI is InChI=1S/C11H13F2N/c12-10-4-3-9(7-11(10)13)14-6-5-8-1-2-8/h3-4,7-8,14H,1-2,5-6H2. The first-order valence-electron chi connectivity index (χ1n) is 4.94. The van der Waals surface area contributed by atoms with E-state index in [0.717, 1.165) is 24.9 Å². The van der Waals surface area contributed by atoms with Crippen molar-refractivity contribution < 1.29 is 8.78 Å². The monoisotopic (exact) mass is 197 g/mol. The van der Waals surface area contributed by atoms with E-state index in [4.69, 9.17) is 0 Å². The molecule has 1 aliphatic rings. The topological polar surface area (TPSA) is 12.0 Å². The molecule has 0 unspecified atom stereocenters. The summed E-state index contributed by atoms with van der Waals surface area (Å²) in [5.74, 6) is -0.730. The molecule has 1 N–H and O–H groups in total. The number of hydrogen-bond donors (Lipinski definition) is 1. The van der Waals surface area contributed by atoms with Crippen molar-refractivity contribution in [2.75, 3.05) is 11.9 Å². The lowest BCUT2D eigenvalue weighted by molar-refractivity contribution is 0.509. The van der Waals surface area contributed by atoms with E-state index in [9.17, 15) is 8.78 Å². The van der Waals surface area contributed by atoms with E-state index in [-0.39, 0.29) is 0 Å². The van der Waals surface area contributed by atoms with E-state index >= 15 is 0 Å². The number of hydrogen-bond acceptors (Lipinski definition) is 1. The maximum atomic E-state index is 12.8. The molecule has 1 aromatic rings. The van der Waals surface area contributed by atoms with Crippen LogP contribution in [0.15, 0.2) is 18.2 Å². The Balaban J connectivity index is 1.85. The van der Waals surface area contributed by atoms with Crippen LogP contribution in [0.3, 0.4) is 0 Å². The van der Waals surface area contributed by atoms with Crippen molar-refractivity contribution in [3.63, 3.8) is 0 Å². The molecule has 0 atom stereocenters. The van der Waals surface area contributed by atoms with Crippen LogP contribution < -0.4 is 5.32 Å². The van der Waals surface area contributed by atoms with E-state index in [1.807, 2.05) is 0 Å². The molecule has 0 heterocycles. The first kappa shape index (κ1) is 9.44. The van der Waals surface area contributed by atoms with Crippen LogP contribution in [0.4, 0.5) is 14.5 Å². The number of rotatable bonds is 4. The Morgan fingerprint density at radius 3 is 2.64 bits per heavy atom. The lowest BCUT2D eigenvalue weighted by atomic mass is 10.2. The number of benzene rings is 1. The second-order valence-corrected chi connectivity index (χ2v) is 3.79. The third kappa shape index (κ3) is 2.44. The van der Waals surface area contributed by atoms with Crippen LogP contribution in [0.2, 0.25) is 0 Å². The summed E-state index contributed by atoms with van der Waals surface area (Å²) in [6.07, 6.45) is 3.76. The van der Waals surface area contributed by atoms with Crippen molar-refractivity contribution in [3.05, 3.63) is 29.8 Å². The summed E-state index contributed by atoms with van der Waals surface area (Å²) in [5.41, 5.74) is 0.657. The number of anilines is 1. The van der Waals surface area contributed by atoms with Crippen LogP contribution >= 0.6 is 0 Å². The molecule has 0 bridgehead atoms. The Morgan fingerprint density at radius 2 is 2.00 bits per heavy atom. The molecule has 1 saturated carbocycles. The Morgan fingerprint density at radius 1 is 1.21 bits per heavy atom. The van der Waals surface area contributed by atoms with E-state index in [1.165, 1.54) is 18.9 Å². The highest BCUT2D eigenvalue weighted by Gasteiger charge is 2.20. The summed E-state index contributed by atoms with van der Waals surface area (Å²) < 4.78 is 25.3. The highest BCUT2D eigenvalue weighted by atomic mass is 19.2. The fraction of sp³-hybridized carbons (Fsp3) is 0.455. The molecule has 76 valence electrons. The van der Waals surface area contributed by atoms with Crippen LogP contribution in [0, 0.1) is 17.6 Å². The minimum absolute atomic E-state index is 0.657. The van der Waals surface area contributed by atoms with Gasteiger partial charge in [-0.3, -0.25) is 0 Å². The second kappa shape index (κ2) is 3.95. The highest BCUT2D eigenvalue weighted by Crippen LogP contribution is 2.32. The van der Waals surface area contributed by atoms with Crippen LogP contribution in [0.1, 0.15) is 19.3 Å². The fourth-order valence-corrected chi connectivity index (χ4v) is 1.43. The van der Waals surface area contributed by atoms with Gasteiger partial charge in [0.15, 0.2) is 11.6 Å². The average molecular weight is 197 g/mol. The predicted octanol–water partition coefficient (Wildman–Crippen LogP) is 3.18. The molecule has 3 heteroatoms. The summed E-state index contributed by atoms with van der Waals surface area (Å²) in [4.78, 5) is 0. The van der Waals surface area contributed by atoms with Gasteiger partial charge in [-0.1, -0.05) is 12.8 Å². The second-order valence-electron chi connectivity index (χ2n) is 3.79. The number of nitrogens with one attached hydrogen (secondary N) is 1. The minimum atomic E-state index is -0.794. The third-order valence-corrected chi connectivity index (χ3v) is 2.50. The van der Waals surface area contributed by atoms with Gasteiger partial charge in [0.1, 0.15) is 0 Å². The summed E-state index contributed by atoms with van der Waals surface area (Å²) in [7, 11) is 0. The first-order valence-corrected chi connectivity index (χ1v) is 4.94. The summed E-state index contributed by atoms with van der Waals surface area (Å²) >= 11 is 0. The van der Waals surface area contributed by atoms with Crippen molar-refractivity contribution in [1.29, 1.82) is 0 Å². The van der Waals surface area contributed by atoms with Gasteiger partial charge in [-0.25, -0.2) is 8.78 Å². The van der Waals surface area contributed by atoms with Gasteiger partial charge in [-0.15, -0.1) is 0 Å². The Hall–Kier alpha value is -1.12. The maximum absolute atomic E-state index is 12.8. The van der Waals surface area contributed by atoms with Gasteiger partial charge in [-0.05, 0) is 30.5 Å². The Kier molecular flexibility index (Phi) is 2.66. The molecule has 0 aromatic heterocycles. The predicted molar refractivity (Wildman–Crippen MR) is 52.2 cm³/mol. The van der Waals surface area contributed by atoms with E-state index < -0.39 is 11.6 Å². The molecule has 1 nitrogen and oxygen atoms in total. The van der Waals surface area contributed by atoms with E-state index in [1.54, 1.807) is 6.07 Å². The third-order valence-electron chi connectivity index (χ3n) is 2.50. The first-order chi connectivity index (χ1) is 6.75. The summed E-state index contributed by atoms with van der Waals surface area (Å²) in [6.45, 7) is 0.843. The maximum Gasteiger partial charge on any atom is 0.160 e. The zero-order chi connectivity index (χ0) is 9.97. The van der Waals surface area contributed by atoms with Crippen molar-refractivity contribution in [2.24, 2.45) is 5.92 Å². The van der Waals surface area contributed by atoms with E-state index in [0.29, 0.717) is 5.69 Å². The van der Waals surface area contributed by atoms with Crippen molar-refractivity contribution in [3.8, 4) is 0 Å². The molecule has 2 rings (SSSR count). The van der Waals surface area contributed by atoms with Crippen LogP contribution in [-0.2, 0) is 0 Å². The largest absolute Gasteiger partial charge is 0.385 e. The summed E-state index contributed by atoms with van der Waals surface area (Å²) in [6, 6.07) is 3.91. The molecule has 1 aliphatic carbocycles. The summed E-state index contributed by atoms with van der Waals surface area (Å²) in [5, 5.41) is 3.08. The molecule has 0 radical (unpaired) electrons. The quantitative estimate of drug-likeness (QED) is 0.781. The van der Waals surface area contributed by atoms with Crippen LogP contribution in [0.5, 0.6) is 0 Å². The molecule has 1 aromatic carbocycles. The lowest BCUT2D eigenvalue weighted by Gasteiger charge is -2.05. The van der Waals surface area contributed by atoms with Gasteiger partial charge in [0.25, 0.3) is 0 Å². The minimum Gasteiger partial charge on any atom is -0.385 e. The normalized spacial score (nSPS) is 15.6. The molecule has 1 fully saturated rings. The SMILES string of the molecule is Fc1ccc(NCCC2CC2)cc1F. The zero-order valence-electron chi connectivity index (χ0n) is 7.89. The van der Waals surface area contributed by atoms with Gasteiger partial charge in [0, 0.05) is 12.2 Å². The van der Waals surface area contributed by atoms with Crippen molar-refractivity contribution >= 4 is 5.69 Å². The van der Waals surface area contributed by atoms with Gasteiger partial charge >= 0.3 is 0 Å². The van der Waals surface area contributed by atoms with Gasteiger partial charge in [0.05, 0.1) is 0 Å². The molecular weight excluding hydrogens is 184 g/mol.